The molecule has 4 aromatic carbocycles. The first kappa shape index (κ1) is 24.6. The minimum atomic E-state index is -0.219. The molecule has 0 spiro atoms. The lowest BCUT2D eigenvalue weighted by atomic mass is 9.72. The minimum Gasteiger partial charge on any atom is -0.457 e. The van der Waals surface area contributed by atoms with E-state index in [9.17, 15) is 0 Å². The molecule has 3 N–H and O–H groups in total. The van der Waals surface area contributed by atoms with Gasteiger partial charge in [0.15, 0.2) is 5.82 Å². The molecule has 0 saturated heterocycles. The van der Waals surface area contributed by atoms with Gasteiger partial charge in [-0.2, -0.15) is 0 Å². The van der Waals surface area contributed by atoms with Crippen molar-refractivity contribution in [1.29, 1.82) is 0 Å². The van der Waals surface area contributed by atoms with Gasteiger partial charge in [0, 0.05) is 28.4 Å². The maximum atomic E-state index is 6.69. The second kappa shape index (κ2) is 9.72. The highest BCUT2D eigenvalue weighted by molar-refractivity contribution is 5.90. The Bertz CT molecular complexity index is 1910. The number of hydrogen-bond acceptors (Lipinski definition) is 5. The lowest BCUT2D eigenvalue weighted by Crippen LogP contribution is -2.43. The van der Waals surface area contributed by atoms with E-state index in [1.165, 1.54) is 12.0 Å². The second-order valence-corrected chi connectivity index (χ2v) is 11.0. The molecule has 8 rings (SSSR count). The molecular weight excluding hydrogens is 518 g/mol. The van der Waals surface area contributed by atoms with Crippen LogP contribution in [0.4, 0.5) is 11.5 Å². The van der Waals surface area contributed by atoms with Crippen molar-refractivity contribution in [1.82, 2.24) is 14.5 Å². The second-order valence-electron chi connectivity index (χ2n) is 11.0. The number of pyridine rings is 1. The zero-order valence-corrected chi connectivity index (χ0v) is 23.0. The van der Waals surface area contributed by atoms with Gasteiger partial charge in [0.1, 0.15) is 17.3 Å². The summed E-state index contributed by atoms with van der Waals surface area (Å²) in [6.45, 7) is 0. The van der Waals surface area contributed by atoms with Crippen LogP contribution in [0.2, 0.25) is 0 Å². The Labute approximate surface area is 244 Å². The van der Waals surface area contributed by atoms with Crippen LogP contribution < -0.4 is 15.8 Å². The van der Waals surface area contributed by atoms with Gasteiger partial charge >= 0.3 is 0 Å². The number of imidazole rings is 1. The summed E-state index contributed by atoms with van der Waals surface area (Å²) < 4.78 is 8.32. The van der Waals surface area contributed by atoms with E-state index in [4.69, 9.17) is 20.4 Å². The summed E-state index contributed by atoms with van der Waals surface area (Å²) in [6, 6.07) is 39.0. The normalized spacial score (nSPS) is 14.4. The van der Waals surface area contributed by atoms with E-state index in [-0.39, 0.29) is 5.54 Å². The molecule has 204 valence electrons. The Morgan fingerprint density at radius 1 is 0.738 bits per heavy atom. The molecule has 0 atom stereocenters. The van der Waals surface area contributed by atoms with Gasteiger partial charge in [-0.25, -0.2) is 9.97 Å². The number of fused-ring (bicyclic) bond motifs is 5. The third-order valence-corrected chi connectivity index (χ3v) is 8.41. The molecule has 2 aromatic heterocycles. The van der Waals surface area contributed by atoms with Gasteiger partial charge in [0.05, 0.1) is 22.8 Å². The summed E-state index contributed by atoms with van der Waals surface area (Å²) >= 11 is 0. The minimum absolute atomic E-state index is 0.219. The van der Waals surface area contributed by atoms with Crippen molar-refractivity contribution in [2.45, 2.75) is 24.8 Å². The monoisotopic (exact) mass is 547 g/mol. The number of nitrogens with zero attached hydrogens (tertiary/aromatic N) is 3. The van der Waals surface area contributed by atoms with E-state index < -0.39 is 0 Å². The van der Waals surface area contributed by atoms with Crippen molar-refractivity contribution in [3.63, 3.8) is 0 Å². The Morgan fingerprint density at radius 3 is 2.21 bits per heavy atom. The molecule has 0 unspecified atom stereocenters. The van der Waals surface area contributed by atoms with Gasteiger partial charge in [-0.3, -0.25) is 4.57 Å². The number of ether oxygens (including phenoxy) is 1. The highest BCUT2D eigenvalue weighted by Gasteiger charge is 2.34. The molecule has 42 heavy (non-hydrogen) atoms. The van der Waals surface area contributed by atoms with Crippen LogP contribution in [0, 0.1) is 0 Å². The van der Waals surface area contributed by atoms with Crippen molar-refractivity contribution in [2.24, 2.45) is 5.73 Å². The van der Waals surface area contributed by atoms with Gasteiger partial charge in [0.2, 0.25) is 0 Å². The molecule has 6 aromatic rings. The number of nitrogens with one attached hydrogen (secondary N) is 1. The molecule has 2 aliphatic rings. The average molecular weight is 548 g/mol. The van der Waals surface area contributed by atoms with E-state index in [0.29, 0.717) is 0 Å². The SMILES string of the molecule is NC1(c2ccc(-c3c(-c4ccc(Oc5ccccc5)cc4)nc4n3-c3cccnc3Nc3ccccc3-4)cc2)CCC1. The maximum Gasteiger partial charge on any atom is 0.154 e. The van der Waals surface area contributed by atoms with E-state index in [1.807, 2.05) is 66.9 Å². The van der Waals surface area contributed by atoms with Crippen LogP contribution in [0.25, 0.3) is 39.6 Å². The molecular formula is C36H29N5O. The Kier molecular flexibility index (Phi) is 5.69. The van der Waals surface area contributed by atoms with Crippen LogP contribution in [0.1, 0.15) is 24.8 Å². The van der Waals surface area contributed by atoms with Crippen molar-refractivity contribution in [3.05, 3.63) is 127 Å². The van der Waals surface area contributed by atoms with Crippen molar-refractivity contribution < 1.29 is 4.74 Å². The van der Waals surface area contributed by atoms with Crippen LogP contribution in [-0.2, 0) is 5.54 Å². The Hall–Kier alpha value is -5.20. The first-order chi connectivity index (χ1) is 20.7. The van der Waals surface area contributed by atoms with Crippen molar-refractivity contribution in [3.8, 4) is 51.1 Å². The molecule has 0 bridgehead atoms. The summed E-state index contributed by atoms with van der Waals surface area (Å²) in [5, 5.41) is 3.54. The highest BCUT2D eigenvalue weighted by Crippen LogP contribution is 2.45. The summed E-state index contributed by atoms with van der Waals surface area (Å²) in [7, 11) is 0. The van der Waals surface area contributed by atoms with Crippen LogP contribution in [0.5, 0.6) is 11.5 Å². The van der Waals surface area contributed by atoms with Gasteiger partial charge in [-0.05, 0) is 85.5 Å². The maximum absolute atomic E-state index is 6.69. The van der Waals surface area contributed by atoms with E-state index in [0.717, 1.165) is 75.4 Å². The number of anilines is 2. The molecule has 3 heterocycles. The quantitative estimate of drug-likeness (QED) is 0.226. The van der Waals surface area contributed by atoms with Gasteiger partial charge in [-0.1, -0.05) is 54.6 Å². The average Bonchev–Trinajstić information content (AvgIpc) is 3.35. The zero-order valence-electron chi connectivity index (χ0n) is 23.0. The third-order valence-electron chi connectivity index (χ3n) is 8.41. The Morgan fingerprint density at radius 2 is 1.45 bits per heavy atom. The predicted octanol–water partition coefficient (Wildman–Crippen LogP) is 8.46. The highest BCUT2D eigenvalue weighted by atomic mass is 16.5. The molecule has 1 aliphatic carbocycles. The lowest BCUT2D eigenvalue weighted by molar-refractivity contribution is 0.253. The van der Waals surface area contributed by atoms with Gasteiger partial charge in [0.25, 0.3) is 0 Å². The number of rotatable bonds is 5. The number of benzene rings is 4. The number of nitrogens with two attached hydrogens (primary N) is 1. The van der Waals surface area contributed by atoms with Crippen LogP contribution in [0.15, 0.2) is 121 Å². The first-order valence-corrected chi connectivity index (χ1v) is 14.3. The molecule has 1 fully saturated rings. The first-order valence-electron chi connectivity index (χ1n) is 14.3. The fourth-order valence-electron chi connectivity index (χ4n) is 6.00. The fourth-order valence-corrected chi connectivity index (χ4v) is 6.00. The summed E-state index contributed by atoms with van der Waals surface area (Å²) in [5.41, 5.74) is 14.5. The summed E-state index contributed by atoms with van der Waals surface area (Å²) in [6.07, 6.45) is 5.05. The van der Waals surface area contributed by atoms with Gasteiger partial charge < -0.3 is 15.8 Å². The topological polar surface area (TPSA) is 78.0 Å². The molecule has 1 aliphatic heterocycles. The molecule has 0 radical (unpaired) electrons. The molecule has 0 amide bonds. The molecule has 6 nitrogen and oxygen atoms in total. The fraction of sp³-hybridized carbons (Fsp3) is 0.111. The standard InChI is InChI=1S/C36H29N5O/c37-36(21-7-22-36)26-17-13-25(14-18-26)33-32(24-15-19-28(20-16-24)42-27-8-2-1-3-9-27)40-35-29-10-4-5-11-30(29)39-34-31(41(33)35)12-6-23-38-34/h1-6,8-20,23H,7,21-22,37H2,(H,38,39). The predicted molar refractivity (Wildman–Crippen MR) is 167 cm³/mol. The third kappa shape index (κ3) is 4.07. The van der Waals surface area contributed by atoms with Crippen LogP contribution in [0.3, 0.4) is 0 Å². The van der Waals surface area contributed by atoms with E-state index >= 15 is 0 Å². The van der Waals surface area contributed by atoms with Crippen molar-refractivity contribution >= 4 is 11.5 Å². The number of aromatic nitrogens is 3. The lowest BCUT2D eigenvalue weighted by Gasteiger charge is -2.38. The van der Waals surface area contributed by atoms with E-state index in [2.05, 4.69) is 64.5 Å². The van der Waals surface area contributed by atoms with Crippen LogP contribution in [-0.4, -0.2) is 14.5 Å². The summed E-state index contributed by atoms with van der Waals surface area (Å²) in [4.78, 5) is 10.1. The summed E-state index contributed by atoms with van der Waals surface area (Å²) in [5.74, 6) is 3.22. The zero-order chi connectivity index (χ0) is 28.1. The molecule has 1 saturated carbocycles. The Balaban J connectivity index is 1.32. The van der Waals surface area contributed by atoms with Gasteiger partial charge in [-0.15, -0.1) is 0 Å². The number of hydrogen-bond donors (Lipinski definition) is 2. The van der Waals surface area contributed by atoms with Crippen LogP contribution >= 0.6 is 0 Å². The van der Waals surface area contributed by atoms with E-state index in [1.54, 1.807) is 0 Å². The smallest absolute Gasteiger partial charge is 0.154 e. The largest absolute Gasteiger partial charge is 0.457 e. The van der Waals surface area contributed by atoms with Crippen molar-refractivity contribution in [2.75, 3.05) is 5.32 Å². The number of para-hydroxylation sites is 2. The molecule has 6 heteroatoms.